The molecule has 0 unspecified atom stereocenters. The van der Waals surface area contributed by atoms with Crippen LogP contribution in [0.5, 0.6) is 5.75 Å². The largest absolute Gasteiger partial charge is 0.483 e. The smallest absolute Gasteiger partial charge is 0.422 e. The number of H-pyrrole nitrogens is 2. The molecule has 0 radical (unpaired) electrons. The minimum absolute atomic E-state index is 0.0483. The molecule has 6 rings (SSSR count). The molecule has 1 aromatic carbocycles. The number of ether oxygens (including phenoxy) is 1. The van der Waals surface area contributed by atoms with Crippen LogP contribution in [-0.2, 0) is 0 Å². The van der Waals surface area contributed by atoms with E-state index in [4.69, 9.17) is 4.74 Å². The van der Waals surface area contributed by atoms with Gasteiger partial charge in [0.1, 0.15) is 5.75 Å². The number of nitrogens with one attached hydrogen (secondary N) is 2. The van der Waals surface area contributed by atoms with Crippen LogP contribution in [-0.4, -0.2) is 42.3 Å². The van der Waals surface area contributed by atoms with Gasteiger partial charge >= 0.3 is 11.9 Å². The van der Waals surface area contributed by atoms with E-state index in [-0.39, 0.29) is 23.1 Å². The van der Waals surface area contributed by atoms with E-state index in [1.807, 2.05) is 12.1 Å². The fourth-order valence-corrected chi connectivity index (χ4v) is 4.51. The van der Waals surface area contributed by atoms with Crippen LogP contribution in [0.15, 0.2) is 64.7 Å². The molecule has 1 aliphatic carbocycles. The molecule has 2 atom stereocenters. The number of rotatable bonds is 5. The molecule has 0 amide bonds. The number of imidazole rings is 1. The highest BCUT2D eigenvalue weighted by molar-refractivity contribution is 5.85. The van der Waals surface area contributed by atoms with Crippen molar-refractivity contribution in [2.24, 2.45) is 0 Å². The first-order chi connectivity index (χ1) is 17.3. The van der Waals surface area contributed by atoms with Crippen molar-refractivity contribution < 1.29 is 17.9 Å². The summed E-state index contributed by atoms with van der Waals surface area (Å²) in [6.07, 6.45) is 2.34. The number of hydrogen-bond donors (Lipinski definition) is 2. The number of halogens is 3. The van der Waals surface area contributed by atoms with Crippen LogP contribution in [0, 0.1) is 0 Å². The molecule has 0 saturated heterocycles. The van der Waals surface area contributed by atoms with Gasteiger partial charge in [-0.1, -0.05) is 6.07 Å². The maximum absolute atomic E-state index is 12.7. The molecule has 4 aromatic heterocycles. The summed E-state index contributed by atoms with van der Waals surface area (Å²) >= 11 is 0. The van der Waals surface area contributed by atoms with Crippen LogP contribution in [0.2, 0.25) is 0 Å². The lowest BCUT2D eigenvalue weighted by Gasteiger charge is -2.12. The molecule has 4 heterocycles. The quantitative estimate of drug-likeness (QED) is 0.386. The third kappa shape index (κ3) is 4.00. The van der Waals surface area contributed by atoms with E-state index in [1.165, 1.54) is 18.5 Å². The fraction of sp³-hybridized carbons (Fsp3) is 0.208. The Morgan fingerprint density at radius 1 is 1.08 bits per heavy atom. The lowest BCUT2D eigenvalue weighted by atomic mass is 10.0. The van der Waals surface area contributed by atoms with Crippen LogP contribution >= 0.6 is 0 Å². The summed E-state index contributed by atoms with van der Waals surface area (Å²) in [6.45, 7) is -1.38. The Hall–Kier alpha value is -4.48. The predicted molar refractivity (Wildman–Crippen MR) is 123 cm³/mol. The standard InChI is InChI=1S/C24H17F3N6O3/c25-24(26,27)11-36-20-3-4-28-18-2-1-12(7-16(18)20)13-8-14(13)15-9-19(32-33-6-5-29-21(15)33)17-10-30-23(35)31-22(17)34/h1-7,9-10,13-14H,8,11H2,(H2,30,31,34,35)/t13-,14+/m1/s1. The molecule has 0 spiro atoms. The van der Waals surface area contributed by atoms with Crippen LogP contribution in [0.3, 0.4) is 0 Å². The van der Waals surface area contributed by atoms with Gasteiger partial charge in [-0.3, -0.25) is 14.8 Å². The van der Waals surface area contributed by atoms with Crippen molar-refractivity contribution in [1.29, 1.82) is 0 Å². The Bertz CT molecular complexity index is 1740. The number of nitrogens with zero attached hydrogens (tertiary/aromatic N) is 4. The second-order valence-corrected chi connectivity index (χ2v) is 8.60. The summed E-state index contributed by atoms with van der Waals surface area (Å²) in [5.41, 5.74) is 2.41. The highest BCUT2D eigenvalue weighted by Crippen LogP contribution is 2.56. The van der Waals surface area contributed by atoms with E-state index in [9.17, 15) is 22.8 Å². The van der Waals surface area contributed by atoms with Gasteiger partial charge < -0.3 is 9.72 Å². The first kappa shape index (κ1) is 22.0. The summed E-state index contributed by atoms with van der Waals surface area (Å²) < 4.78 is 44.7. The van der Waals surface area contributed by atoms with Gasteiger partial charge in [0.25, 0.3) is 5.56 Å². The van der Waals surface area contributed by atoms with E-state index in [0.29, 0.717) is 22.2 Å². The van der Waals surface area contributed by atoms with Crippen molar-refractivity contribution in [3.05, 3.63) is 87.1 Å². The van der Waals surface area contributed by atoms with Gasteiger partial charge in [0.2, 0.25) is 0 Å². The Balaban J connectivity index is 1.37. The molecule has 0 aliphatic heterocycles. The third-order valence-corrected chi connectivity index (χ3v) is 6.22. The fourth-order valence-electron chi connectivity index (χ4n) is 4.51. The van der Waals surface area contributed by atoms with Gasteiger partial charge in [0, 0.05) is 35.7 Å². The molecular weight excluding hydrogens is 477 g/mol. The average Bonchev–Trinajstić information content (AvgIpc) is 3.49. The van der Waals surface area contributed by atoms with Gasteiger partial charge in [0.15, 0.2) is 12.3 Å². The predicted octanol–water partition coefficient (Wildman–Crippen LogP) is 3.53. The van der Waals surface area contributed by atoms with Gasteiger partial charge in [-0.2, -0.15) is 18.3 Å². The molecule has 36 heavy (non-hydrogen) atoms. The summed E-state index contributed by atoms with van der Waals surface area (Å²) in [4.78, 5) is 37.1. The summed E-state index contributed by atoms with van der Waals surface area (Å²) in [6, 6.07) is 8.70. The molecule has 0 bridgehead atoms. The maximum Gasteiger partial charge on any atom is 0.422 e. The average molecular weight is 494 g/mol. The topological polar surface area (TPSA) is 118 Å². The maximum atomic E-state index is 12.7. The Morgan fingerprint density at radius 3 is 2.75 bits per heavy atom. The summed E-state index contributed by atoms with van der Waals surface area (Å²) in [5, 5.41) is 4.96. The molecule has 2 N–H and O–H groups in total. The van der Waals surface area contributed by atoms with Gasteiger partial charge in [-0.15, -0.1) is 0 Å². The second kappa shape index (κ2) is 8.04. The molecule has 182 valence electrons. The number of alkyl halides is 3. The van der Waals surface area contributed by atoms with E-state index < -0.39 is 24.0 Å². The molecule has 1 saturated carbocycles. The first-order valence-electron chi connectivity index (χ1n) is 11.0. The zero-order chi connectivity index (χ0) is 25.0. The number of aromatic amines is 2. The zero-order valence-corrected chi connectivity index (χ0v) is 18.4. The number of hydrogen-bond acceptors (Lipinski definition) is 6. The van der Waals surface area contributed by atoms with Crippen LogP contribution in [0.4, 0.5) is 13.2 Å². The number of pyridine rings is 1. The van der Waals surface area contributed by atoms with Crippen LogP contribution < -0.4 is 16.0 Å². The molecule has 1 aliphatic rings. The van der Waals surface area contributed by atoms with Crippen molar-refractivity contribution in [3.63, 3.8) is 0 Å². The van der Waals surface area contributed by atoms with E-state index in [1.54, 1.807) is 29.0 Å². The Kier molecular flexibility index (Phi) is 4.92. The van der Waals surface area contributed by atoms with Crippen molar-refractivity contribution in [1.82, 2.24) is 29.5 Å². The number of fused-ring (bicyclic) bond motifs is 2. The van der Waals surface area contributed by atoms with Gasteiger partial charge in [-0.05, 0) is 48.1 Å². The Morgan fingerprint density at radius 2 is 1.94 bits per heavy atom. The zero-order valence-electron chi connectivity index (χ0n) is 18.4. The number of benzene rings is 1. The molecular formula is C24H17F3N6O3. The van der Waals surface area contributed by atoms with Crippen LogP contribution in [0.25, 0.3) is 27.8 Å². The van der Waals surface area contributed by atoms with Gasteiger partial charge in [0.05, 0.1) is 16.8 Å². The van der Waals surface area contributed by atoms with E-state index >= 15 is 0 Å². The Labute approximate surface area is 199 Å². The number of aromatic nitrogens is 6. The summed E-state index contributed by atoms with van der Waals surface area (Å²) in [7, 11) is 0. The van der Waals surface area contributed by atoms with E-state index in [2.05, 4.69) is 25.0 Å². The lowest BCUT2D eigenvalue weighted by Crippen LogP contribution is -2.23. The SMILES string of the molecule is O=c1[nH]cc(-c2cc([C@H]3C[C@@H]3c3ccc4nccc(OCC(F)(F)F)c4c3)c3nccn3n2)c(=O)[nH]1. The second-order valence-electron chi connectivity index (χ2n) is 8.60. The van der Waals surface area contributed by atoms with Crippen LogP contribution in [0.1, 0.15) is 29.4 Å². The highest BCUT2D eigenvalue weighted by Gasteiger charge is 2.41. The van der Waals surface area contributed by atoms with Gasteiger partial charge in [-0.25, -0.2) is 14.3 Å². The lowest BCUT2D eigenvalue weighted by molar-refractivity contribution is -0.153. The highest BCUT2D eigenvalue weighted by atomic mass is 19.4. The van der Waals surface area contributed by atoms with Crippen molar-refractivity contribution in [2.75, 3.05) is 6.61 Å². The minimum Gasteiger partial charge on any atom is -0.483 e. The monoisotopic (exact) mass is 494 g/mol. The van der Waals surface area contributed by atoms with E-state index in [0.717, 1.165) is 17.5 Å². The molecule has 12 heteroatoms. The molecule has 5 aromatic rings. The first-order valence-corrected chi connectivity index (χ1v) is 11.0. The van der Waals surface area contributed by atoms with Crippen molar-refractivity contribution in [2.45, 2.75) is 24.4 Å². The normalized spacial score (nSPS) is 17.5. The van der Waals surface area contributed by atoms with Crippen molar-refractivity contribution >= 4 is 16.6 Å². The molecule has 9 nitrogen and oxygen atoms in total. The minimum atomic E-state index is -4.45. The molecule has 1 fully saturated rings. The third-order valence-electron chi connectivity index (χ3n) is 6.22. The summed E-state index contributed by atoms with van der Waals surface area (Å²) in [5.74, 6) is 0.248. The van der Waals surface area contributed by atoms with Crippen molar-refractivity contribution in [3.8, 4) is 17.0 Å².